The van der Waals surface area contributed by atoms with E-state index in [1.807, 2.05) is 35.4 Å². The summed E-state index contributed by atoms with van der Waals surface area (Å²) in [6.45, 7) is 3.39. The Morgan fingerprint density at radius 3 is 3.13 bits per heavy atom. The van der Waals surface area contributed by atoms with E-state index in [1.165, 1.54) is 11.3 Å². The fraction of sp³-hybridized carbons (Fsp3) is 0.471. The second kappa shape index (κ2) is 6.02. The second-order valence-corrected chi connectivity index (χ2v) is 7.15. The zero-order chi connectivity index (χ0) is 15.8. The molecule has 2 fully saturated rings. The minimum atomic E-state index is 0.0310. The number of fused-ring (bicyclic) bond motifs is 1. The quantitative estimate of drug-likeness (QED) is 0.850. The lowest BCUT2D eigenvalue weighted by Crippen LogP contribution is -2.45. The first kappa shape index (κ1) is 14.8. The number of aryl methyl sites for hydroxylation is 1. The van der Waals surface area contributed by atoms with Gasteiger partial charge >= 0.3 is 0 Å². The fourth-order valence-corrected chi connectivity index (χ4v) is 4.21. The highest BCUT2D eigenvalue weighted by Gasteiger charge is 2.41. The summed E-state index contributed by atoms with van der Waals surface area (Å²) in [6.07, 6.45) is 3.93. The lowest BCUT2D eigenvalue weighted by Gasteiger charge is -2.33. The van der Waals surface area contributed by atoms with E-state index in [2.05, 4.69) is 9.97 Å². The van der Waals surface area contributed by atoms with Gasteiger partial charge in [0.05, 0.1) is 16.7 Å². The molecule has 0 spiro atoms. The monoisotopic (exact) mass is 329 g/mol. The Morgan fingerprint density at radius 2 is 2.35 bits per heavy atom. The maximum Gasteiger partial charge on any atom is 0.264 e. The fourth-order valence-electron chi connectivity index (χ4n) is 3.52. The molecule has 0 aromatic carbocycles. The van der Waals surface area contributed by atoms with E-state index in [1.54, 1.807) is 6.20 Å². The zero-order valence-corrected chi connectivity index (χ0v) is 13.8. The maximum atomic E-state index is 12.5. The van der Waals surface area contributed by atoms with Gasteiger partial charge in [-0.3, -0.25) is 4.79 Å². The van der Waals surface area contributed by atoms with E-state index in [0.29, 0.717) is 12.5 Å². The molecule has 0 bridgehead atoms. The number of piperidine rings is 1. The third kappa shape index (κ3) is 2.88. The van der Waals surface area contributed by atoms with Crippen LogP contribution in [0.1, 0.15) is 40.1 Å². The topological polar surface area (TPSA) is 55.3 Å². The van der Waals surface area contributed by atoms with E-state index in [9.17, 15) is 4.79 Å². The van der Waals surface area contributed by atoms with Crippen molar-refractivity contribution in [3.63, 3.8) is 0 Å². The van der Waals surface area contributed by atoms with Crippen molar-refractivity contribution >= 4 is 17.2 Å². The molecular weight excluding hydrogens is 310 g/mol. The predicted octanol–water partition coefficient (Wildman–Crippen LogP) is 2.84. The highest BCUT2D eigenvalue weighted by Crippen LogP contribution is 2.40. The van der Waals surface area contributed by atoms with Gasteiger partial charge in [0.15, 0.2) is 0 Å². The number of carbonyl (C=O) groups excluding carboxylic acids is 1. The number of thiophene rings is 1. The van der Waals surface area contributed by atoms with Gasteiger partial charge < -0.3 is 9.64 Å². The molecule has 1 amide bonds. The Labute approximate surface area is 139 Å². The van der Waals surface area contributed by atoms with Gasteiger partial charge in [-0.25, -0.2) is 9.97 Å². The molecule has 4 rings (SSSR count). The van der Waals surface area contributed by atoms with Crippen LogP contribution in [0.3, 0.4) is 0 Å². The van der Waals surface area contributed by atoms with Crippen LogP contribution in [-0.4, -0.2) is 40.0 Å². The molecule has 2 aromatic heterocycles. The highest BCUT2D eigenvalue weighted by molar-refractivity contribution is 7.12. The van der Waals surface area contributed by atoms with Crippen LogP contribution in [0.5, 0.6) is 0 Å². The molecule has 3 atom stereocenters. The van der Waals surface area contributed by atoms with Gasteiger partial charge in [-0.05, 0) is 43.2 Å². The van der Waals surface area contributed by atoms with E-state index in [-0.39, 0.29) is 18.1 Å². The summed E-state index contributed by atoms with van der Waals surface area (Å²) in [5.41, 5.74) is 0.961. The van der Waals surface area contributed by atoms with Gasteiger partial charge in [-0.1, -0.05) is 6.07 Å². The van der Waals surface area contributed by atoms with Crippen LogP contribution in [0, 0.1) is 12.8 Å². The number of rotatable bonds is 2. The highest BCUT2D eigenvalue weighted by atomic mass is 32.1. The van der Waals surface area contributed by atoms with Gasteiger partial charge in [0.25, 0.3) is 5.91 Å². The summed E-state index contributed by atoms with van der Waals surface area (Å²) in [5.74, 6) is 1.42. The molecule has 0 saturated carbocycles. The summed E-state index contributed by atoms with van der Waals surface area (Å²) < 4.78 is 6.22. The van der Waals surface area contributed by atoms with Gasteiger partial charge in [-0.2, -0.15) is 0 Å². The van der Waals surface area contributed by atoms with Crippen LogP contribution in [-0.2, 0) is 4.74 Å². The third-order valence-corrected chi connectivity index (χ3v) is 5.56. The first-order valence-corrected chi connectivity index (χ1v) is 8.86. The summed E-state index contributed by atoms with van der Waals surface area (Å²) in [4.78, 5) is 23.9. The van der Waals surface area contributed by atoms with Gasteiger partial charge in [0, 0.05) is 19.3 Å². The van der Waals surface area contributed by atoms with Crippen molar-refractivity contribution in [2.45, 2.75) is 32.0 Å². The lowest BCUT2D eigenvalue weighted by atomic mass is 9.91. The van der Waals surface area contributed by atoms with Crippen molar-refractivity contribution in [3.8, 4) is 0 Å². The summed E-state index contributed by atoms with van der Waals surface area (Å²) in [5, 5.41) is 1.94. The molecule has 2 aliphatic rings. The molecule has 0 radical (unpaired) electrons. The zero-order valence-electron chi connectivity index (χ0n) is 13.0. The van der Waals surface area contributed by atoms with Gasteiger partial charge in [0.2, 0.25) is 0 Å². The number of aromatic nitrogens is 2. The van der Waals surface area contributed by atoms with Crippen LogP contribution in [0.15, 0.2) is 29.8 Å². The normalized spacial score (nSPS) is 27.0. The SMILES string of the molecule is Cc1nccc([C@@H]2C[C@@H]3CCN(C(=O)c4cccs4)C[C@H]3O2)n1. The van der Waals surface area contributed by atoms with Crippen LogP contribution in [0.2, 0.25) is 0 Å². The average Bonchev–Trinajstić information content (AvgIpc) is 3.23. The Balaban J connectivity index is 1.45. The number of hydrogen-bond acceptors (Lipinski definition) is 5. The lowest BCUT2D eigenvalue weighted by molar-refractivity contribution is -0.00555. The Kier molecular flexibility index (Phi) is 3.87. The number of carbonyl (C=O) groups is 1. The number of likely N-dealkylation sites (tertiary alicyclic amines) is 1. The Bertz CT molecular complexity index is 704. The Morgan fingerprint density at radius 1 is 1.43 bits per heavy atom. The molecule has 0 aliphatic carbocycles. The van der Waals surface area contributed by atoms with Crippen molar-refractivity contribution in [1.29, 1.82) is 0 Å². The van der Waals surface area contributed by atoms with E-state index in [4.69, 9.17) is 4.74 Å². The van der Waals surface area contributed by atoms with E-state index >= 15 is 0 Å². The number of nitrogens with zero attached hydrogens (tertiary/aromatic N) is 3. The maximum absolute atomic E-state index is 12.5. The van der Waals surface area contributed by atoms with Crippen LogP contribution in [0.4, 0.5) is 0 Å². The number of ether oxygens (including phenoxy) is 1. The van der Waals surface area contributed by atoms with Crippen LogP contribution >= 0.6 is 11.3 Å². The van der Waals surface area contributed by atoms with Crippen molar-refractivity contribution < 1.29 is 9.53 Å². The molecule has 0 N–H and O–H groups in total. The summed E-state index contributed by atoms with van der Waals surface area (Å²) in [6, 6.07) is 5.74. The molecule has 0 unspecified atom stereocenters. The van der Waals surface area contributed by atoms with Crippen LogP contribution in [0.25, 0.3) is 0 Å². The Hall–Kier alpha value is -1.79. The molecule has 2 aromatic rings. The van der Waals surface area contributed by atoms with E-state index in [0.717, 1.165) is 35.8 Å². The number of amides is 1. The first-order valence-electron chi connectivity index (χ1n) is 7.98. The van der Waals surface area contributed by atoms with Gasteiger partial charge in [0.1, 0.15) is 11.9 Å². The molecule has 2 saturated heterocycles. The van der Waals surface area contributed by atoms with Crippen molar-refractivity contribution in [2.75, 3.05) is 13.1 Å². The van der Waals surface area contributed by atoms with E-state index < -0.39 is 0 Å². The molecular formula is C17H19N3O2S. The molecule has 6 heteroatoms. The molecule has 5 nitrogen and oxygen atoms in total. The number of hydrogen-bond donors (Lipinski definition) is 0. The largest absolute Gasteiger partial charge is 0.367 e. The van der Waals surface area contributed by atoms with Crippen molar-refractivity contribution in [2.24, 2.45) is 5.92 Å². The molecule has 120 valence electrons. The molecule has 4 heterocycles. The smallest absolute Gasteiger partial charge is 0.264 e. The standard InChI is InChI=1S/C17H19N3O2S/c1-11-18-6-4-13(19-11)14-9-12-5-7-20(10-15(12)22-14)17(21)16-3-2-8-23-16/h2-4,6,8,12,14-15H,5,7,9-10H2,1H3/t12-,14-,15+/m0/s1. The molecule has 23 heavy (non-hydrogen) atoms. The van der Waals surface area contributed by atoms with Crippen molar-refractivity contribution in [3.05, 3.63) is 46.2 Å². The molecule has 2 aliphatic heterocycles. The van der Waals surface area contributed by atoms with Crippen molar-refractivity contribution in [1.82, 2.24) is 14.9 Å². The minimum absolute atomic E-state index is 0.0310. The first-order chi connectivity index (χ1) is 11.2. The second-order valence-electron chi connectivity index (χ2n) is 6.20. The predicted molar refractivity (Wildman–Crippen MR) is 87.3 cm³/mol. The summed E-state index contributed by atoms with van der Waals surface area (Å²) >= 11 is 1.50. The minimum Gasteiger partial charge on any atom is -0.367 e. The average molecular weight is 329 g/mol. The van der Waals surface area contributed by atoms with Crippen LogP contribution < -0.4 is 0 Å². The third-order valence-electron chi connectivity index (χ3n) is 4.70. The summed E-state index contributed by atoms with van der Waals surface area (Å²) in [7, 11) is 0. The van der Waals surface area contributed by atoms with Gasteiger partial charge in [-0.15, -0.1) is 11.3 Å².